The van der Waals surface area contributed by atoms with Gasteiger partial charge in [0.2, 0.25) is 5.91 Å². The lowest BCUT2D eigenvalue weighted by atomic mass is 9.79. The van der Waals surface area contributed by atoms with Crippen molar-refractivity contribution >= 4 is 28.9 Å². The minimum atomic E-state index is -1.04. The molecule has 210 valence electrons. The number of hydrogen-bond donors (Lipinski definition) is 2. The zero-order chi connectivity index (χ0) is 27.5. The fourth-order valence-electron chi connectivity index (χ4n) is 5.68. The monoisotopic (exact) mass is 545 g/mol. The number of carboxylic acids is 1. The summed E-state index contributed by atoms with van der Waals surface area (Å²) < 4.78 is 11.3. The van der Waals surface area contributed by atoms with Crippen molar-refractivity contribution in [1.29, 1.82) is 0 Å². The first kappa shape index (κ1) is 29.1. The van der Waals surface area contributed by atoms with Crippen LogP contribution < -0.4 is 4.90 Å². The molecule has 1 amide bonds. The summed E-state index contributed by atoms with van der Waals surface area (Å²) in [7, 11) is 0. The van der Waals surface area contributed by atoms with E-state index in [2.05, 4.69) is 18.8 Å². The standard InChI is InChI=1S/C30H43NO6S/c1-20-5-7-21(8-6-20)27(32)31(25-17-24(11-13-29(2,3)4)38-26(25)28(33)34)22-9-14-30(35,15-10-22)19-37-23-12-16-36-18-23/h17,20-23,35H,5-10,12,14-16,18-19H2,1-4H3,(H,33,34)/t20?,21?,22?,23-,30?/m1/s1. The van der Waals surface area contributed by atoms with E-state index in [-0.39, 0.29) is 40.9 Å². The van der Waals surface area contributed by atoms with Crippen LogP contribution >= 0.6 is 11.3 Å². The van der Waals surface area contributed by atoms with Gasteiger partial charge in [-0.05, 0) is 90.5 Å². The molecular weight excluding hydrogens is 502 g/mol. The van der Waals surface area contributed by atoms with Crippen LogP contribution in [0.4, 0.5) is 5.69 Å². The molecular formula is C30H43NO6S. The van der Waals surface area contributed by atoms with Crippen molar-refractivity contribution < 1.29 is 29.3 Å². The highest BCUT2D eigenvalue weighted by molar-refractivity contribution is 7.15. The van der Waals surface area contributed by atoms with Gasteiger partial charge >= 0.3 is 5.97 Å². The van der Waals surface area contributed by atoms with Gasteiger partial charge in [-0.1, -0.05) is 18.8 Å². The fraction of sp³-hybridized carbons (Fsp3) is 0.733. The molecule has 7 nitrogen and oxygen atoms in total. The van der Waals surface area contributed by atoms with E-state index < -0.39 is 11.6 Å². The minimum absolute atomic E-state index is 0.0160. The Labute approximate surface area is 230 Å². The van der Waals surface area contributed by atoms with Crippen LogP contribution in [-0.2, 0) is 14.3 Å². The van der Waals surface area contributed by atoms with Crippen LogP contribution in [0.15, 0.2) is 6.07 Å². The van der Waals surface area contributed by atoms with Crippen LogP contribution in [0, 0.1) is 29.1 Å². The highest BCUT2D eigenvalue weighted by Gasteiger charge is 2.41. The summed E-state index contributed by atoms with van der Waals surface area (Å²) in [5.74, 6) is 5.81. The Bertz CT molecular complexity index is 1040. The van der Waals surface area contributed by atoms with E-state index >= 15 is 0 Å². The second-order valence-electron chi connectivity index (χ2n) is 12.5. The SMILES string of the molecule is CC1CCC(C(=O)N(c2cc(C#CC(C)(C)C)sc2C(=O)O)C2CCC(O)(CO[C@@H]3CCOC3)CC2)CC1. The van der Waals surface area contributed by atoms with E-state index in [1.54, 1.807) is 11.0 Å². The number of carbonyl (C=O) groups excluding carboxylic acids is 1. The molecule has 38 heavy (non-hydrogen) atoms. The summed E-state index contributed by atoms with van der Waals surface area (Å²) in [5, 5.41) is 21.3. The molecule has 8 heteroatoms. The summed E-state index contributed by atoms with van der Waals surface area (Å²) in [4.78, 5) is 29.0. The van der Waals surface area contributed by atoms with Gasteiger partial charge < -0.3 is 24.6 Å². The Morgan fingerprint density at radius 2 is 1.84 bits per heavy atom. The molecule has 1 saturated heterocycles. The predicted molar refractivity (Wildman–Crippen MR) is 149 cm³/mol. The van der Waals surface area contributed by atoms with Gasteiger partial charge in [0.25, 0.3) is 0 Å². The average molecular weight is 546 g/mol. The van der Waals surface area contributed by atoms with Crippen LogP contribution in [0.2, 0.25) is 0 Å². The number of amides is 1. The first-order valence-electron chi connectivity index (χ1n) is 14.1. The highest BCUT2D eigenvalue weighted by atomic mass is 32.1. The van der Waals surface area contributed by atoms with Crippen molar-refractivity contribution in [2.75, 3.05) is 24.7 Å². The Morgan fingerprint density at radius 1 is 1.16 bits per heavy atom. The van der Waals surface area contributed by atoms with E-state index in [4.69, 9.17) is 9.47 Å². The molecule has 1 aromatic heterocycles. The zero-order valence-corrected chi connectivity index (χ0v) is 24.1. The summed E-state index contributed by atoms with van der Waals surface area (Å²) in [5.41, 5.74) is -0.705. The van der Waals surface area contributed by atoms with E-state index in [9.17, 15) is 19.8 Å². The summed E-state index contributed by atoms with van der Waals surface area (Å²) in [6.45, 7) is 9.78. The number of anilines is 1. The quantitative estimate of drug-likeness (QED) is 0.441. The summed E-state index contributed by atoms with van der Waals surface area (Å²) >= 11 is 1.14. The van der Waals surface area contributed by atoms with Gasteiger partial charge in [-0.2, -0.15) is 0 Å². The van der Waals surface area contributed by atoms with Gasteiger partial charge in [0.15, 0.2) is 0 Å². The van der Waals surface area contributed by atoms with Gasteiger partial charge in [0.1, 0.15) is 4.88 Å². The van der Waals surface area contributed by atoms with Crippen LogP contribution in [0.3, 0.4) is 0 Å². The van der Waals surface area contributed by atoms with Crippen molar-refractivity contribution in [3.05, 3.63) is 15.8 Å². The molecule has 0 aromatic carbocycles. The maximum absolute atomic E-state index is 14.1. The molecule has 2 N–H and O–H groups in total. The molecule has 1 aliphatic heterocycles. The molecule has 0 radical (unpaired) electrons. The second kappa shape index (κ2) is 12.1. The third-order valence-electron chi connectivity index (χ3n) is 8.06. The predicted octanol–water partition coefficient (Wildman–Crippen LogP) is 5.48. The van der Waals surface area contributed by atoms with Crippen LogP contribution in [0.25, 0.3) is 0 Å². The van der Waals surface area contributed by atoms with E-state index in [0.29, 0.717) is 55.4 Å². The zero-order valence-electron chi connectivity index (χ0n) is 23.3. The summed E-state index contributed by atoms with van der Waals surface area (Å²) in [6.07, 6.45) is 6.73. The molecule has 0 spiro atoms. The Hall–Kier alpha value is -1.92. The normalized spacial score (nSPS) is 29.9. The fourth-order valence-corrected chi connectivity index (χ4v) is 6.52. The lowest BCUT2D eigenvalue weighted by Gasteiger charge is -2.42. The topological polar surface area (TPSA) is 96.3 Å². The van der Waals surface area contributed by atoms with Crippen LogP contribution in [-0.4, -0.2) is 59.7 Å². The van der Waals surface area contributed by atoms with Gasteiger partial charge in [0, 0.05) is 24.0 Å². The number of carboxylic acid groups (broad SMARTS) is 1. The Balaban J connectivity index is 1.58. The minimum Gasteiger partial charge on any atom is -0.477 e. The van der Waals surface area contributed by atoms with Gasteiger partial charge in [-0.25, -0.2) is 4.79 Å². The number of aromatic carboxylic acids is 1. The van der Waals surface area contributed by atoms with E-state index in [0.717, 1.165) is 43.4 Å². The number of hydrogen-bond acceptors (Lipinski definition) is 6. The molecule has 1 aromatic rings. The third-order valence-corrected chi connectivity index (χ3v) is 9.08. The number of carbonyl (C=O) groups is 2. The smallest absolute Gasteiger partial charge is 0.348 e. The molecule has 2 saturated carbocycles. The van der Waals surface area contributed by atoms with Gasteiger partial charge in [0.05, 0.1) is 35.5 Å². The van der Waals surface area contributed by atoms with Crippen molar-refractivity contribution in [2.24, 2.45) is 17.3 Å². The third kappa shape index (κ3) is 7.38. The maximum atomic E-state index is 14.1. The molecule has 3 aliphatic rings. The first-order valence-corrected chi connectivity index (χ1v) is 14.9. The highest BCUT2D eigenvalue weighted by Crippen LogP contribution is 2.40. The van der Waals surface area contributed by atoms with Crippen LogP contribution in [0.1, 0.15) is 100 Å². The van der Waals surface area contributed by atoms with Gasteiger partial charge in [-0.15, -0.1) is 11.3 Å². The maximum Gasteiger partial charge on any atom is 0.348 e. The van der Waals surface area contributed by atoms with Gasteiger partial charge in [-0.3, -0.25) is 4.79 Å². The van der Waals surface area contributed by atoms with Crippen LogP contribution in [0.5, 0.6) is 0 Å². The first-order chi connectivity index (χ1) is 17.9. The largest absolute Gasteiger partial charge is 0.477 e. The summed E-state index contributed by atoms with van der Waals surface area (Å²) in [6, 6.07) is 1.62. The Morgan fingerprint density at radius 3 is 2.42 bits per heavy atom. The molecule has 4 rings (SSSR count). The molecule has 1 atom stereocenters. The van der Waals surface area contributed by atoms with Crippen molar-refractivity contribution in [3.8, 4) is 11.8 Å². The molecule has 0 unspecified atom stereocenters. The number of thiophene rings is 1. The number of nitrogens with zero attached hydrogens (tertiary/aromatic N) is 1. The van der Waals surface area contributed by atoms with Crippen molar-refractivity contribution in [3.63, 3.8) is 0 Å². The van der Waals surface area contributed by atoms with E-state index in [1.807, 2.05) is 20.8 Å². The average Bonchev–Trinajstić information content (AvgIpc) is 3.53. The van der Waals surface area contributed by atoms with Crippen molar-refractivity contribution in [1.82, 2.24) is 0 Å². The molecule has 2 aliphatic carbocycles. The molecule has 2 heterocycles. The second-order valence-corrected chi connectivity index (χ2v) is 13.6. The number of rotatable bonds is 7. The number of ether oxygens (including phenoxy) is 2. The lowest BCUT2D eigenvalue weighted by Crippen LogP contribution is -2.50. The molecule has 3 fully saturated rings. The van der Waals surface area contributed by atoms with E-state index in [1.165, 1.54) is 0 Å². The lowest BCUT2D eigenvalue weighted by molar-refractivity contribution is -0.125. The number of aliphatic hydroxyl groups is 1. The molecule has 0 bridgehead atoms. The van der Waals surface area contributed by atoms with Crippen molar-refractivity contribution in [2.45, 2.75) is 103 Å². The Kier molecular flexibility index (Phi) is 9.24.